The van der Waals surface area contributed by atoms with Crippen LogP contribution in [0.15, 0.2) is 35.1 Å². The summed E-state index contributed by atoms with van der Waals surface area (Å²) in [5, 5.41) is 3.03. The van der Waals surface area contributed by atoms with E-state index in [0.29, 0.717) is 29.1 Å². The summed E-state index contributed by atoms with van der Waals surface area (Å²) in [6, 6.07) is 5.27. The fraction of sp³-hybridized carbons (Fsp3) is 0.500. The summed E-state index contributed by atoms with van der Waals surface area (Å²) in [6.45, 7) is 1.76. The Balaban J connectivity index is 1.64. The van der Waals surface area contributed by atoms with E-state index in [-0.39, 0.29) is 39.1 Å². The van der Waals surface area contributed by atoms with Crippen LogP contribution in [0.25, 0.3) is 10.9 Å². The van der Waals surface area contributed by atoms with E-state index in [1.165, 1.54) is 36.7 Å². The van der Waals surface area contributed by atoms with Crippen LogP contribution in [-0.2, 0) is 9.59 Å². The van der Waals surface area contributed by atoms with E-state index in [4.69, 9.17) is 0 Å². The quantitative estimate of drug-likeness (QED) is 0.268. The number of benzene rings is 1. The molecule has 1 aromatic heterocycles. The Hall–Kier alpha value is -2.03. The fourth-order valence-corrected chi connectivity index (χ4v) is 7.80. The summed E-state index contributed by atoms with van der Waals surface area (Å²) in [5.74, 6) is 0.539. The predicted octanol–water partition coefficient (Wildman–Crippen LogP) is 0.468. The van der Waals surface area contributed by atoms with Gasteiger partial charge in [0.2, 0.25) is 0 Å². The molecule has 0 radical (unpaired) electrons. The Bertz CT molecular complexity index is 1080. The van der Waals surface area contributed by atoms with Gasteiger partial charge in [-0.3, -0.25) is 0 Å². The molecule has 1 aromatic carbocycles. The van der Waals surface area contributed by atoms with E-state index >= 15 is 0 Å². The first-order valence-electron chi connectivity index (χ1n) is 11.1. The molecule has 1 aliphatic carbocycles. The molecular weight excluding hydrogens is 505 g/mol. The molecule has 31 heavy (non-hydrogen) atoms. The van der Waals surface area contributed by atoms with Crippen molar-refractivity contribution in [2.24, 2.45) is 5.92 Å². The molecule has 0 saturated carbocycles. The van der Waals surface area contributed by atoms with Crippen molar-refractivity contribution in [3.8, 4) is 0 Å². The van der Waals surface area contributed by atoms with Crippen molar-refractivity contribution in [2.45, 2.75) is 64.3 Å². The van der Waals surface area contributed by atoms with E-state index < -0.39 is 11.9 Å². The molecule has 2 aliphatic rings. The number of amides is 2. The maximum atomic E-state index is 13.6. The second kappa shape index (κ2) is 10.1. The Morgan fingerprint density at radius 3 is 2.77 bits per heavy atom. The molecule has 2 amide bonds. The van der Waals surface area contributed by atoms with Crippen molar-refractivity contribution in [3.63, 3.8) is 0 Å². The number of carbonyl (C=O) groups excluding carboxylic acids is 2. The zero-order chi connectivity index (χ0) is 21.8. The molecule has 4 rings (SSSR count). The third-order valence-corrected chi connectivity index (χ3v) is 9.56. The number of hydrogen-bond acceptors (Lipinski definition) is 4. The van der Waals surface area contributed by atoms with Gasteiger partial charge in [-0.25, -0.2) is 0 Å². The van der Waals surface area contributed by atoms with Crippen molar-refractivity contribution in [1.29, 1.82) is 0 Å². The standard InChI is InChI=1S/C24H29IN3O3/c1-16-26-19-12-8-11-18(25-15-17-9-6-4-2-3-5-7-10-17)22(19)24(31)28(16)20-13-14-21(29)27-23(20)30/h2,4,8,11-12,17,20H,3,5-7,9-10,13-15H2,1H3,(H,27,29,30)/q-1/b4-2-. The number of aromatic nitrogens is 2. The molecule has 166 valence electrons. The van der Waals surface area contributed by atoms with Gasteiger partial charge in [0.15, 0.2) is 0 Å². The van der Waals surface area contributed by atoms with E-state index in [9.17, 15) is 14.4 Å². The third kappa shape index (κ3) is 5.07. The molecule has 2 aromatic rings. The van der Waals surface area contributed by atoms with E-state index in [1.807, 2.05) is 12.1 Å². The van der Waals surface area contributed by atoms with Crippen LogP contribution in [0.3, 0.4) is 0 Å². The second-order valence-corrected chi connectivity index (χ2v) is 11.2. The Morgan fingerprint density at radius 2 is 1.94 bits per heavy atom. The number of nitrogens with one attached hydrogen (secondary N) is 1. The Morgan fingerprint density at radius 1 is 1.10 bits per heavy atom. The summed E-state index contributed by atoms with van der Waals surface area (Å²) in [7, 11) is 0. The molecule has 0 spiro atoms. The van der Waals surface area contributed by atoms with E-state index in [1.54, 1.807) is 6.92 Å². The van der Waals surface area contributed by atoms with Crippen LogP contribution in [0.4, 0.5) is 0 Å². The van der Waals surface area contributed by atoms with Crippen LogP contribution in [-0.4, -0.2) is 25.8 Å². The molecule has 0 bridgehead atoms. The normalized spacial score (nSPS) is 23.8. The number of alkyl halides is 1. The van der Waals surface area contributed by atoms with Gasteiger partial charge in [0, 0.05) is 0 Å². The molecule has 2 heterocycles. The molecule has 6 nitrogen and oxygen atoms in total. The Labute approximate surface area is 192 Å². The van der Waals surface area contributed by atoms with Crippen molar-refractivity contribution < 1.29 is 30.8 Å². The first-order valence-corrected chi connectivity index (χ1v) is 13.7. The van der Waals surface area contributed by atoms with Crippen molar-refractivity contribution >= 4 is 22.7 Å². The molecule has 1 saturated heterocycles. The number of imide groups is 1. The molecule has 1 fully saturated rings. The van der Waals surface area contributed by atoms with Gasteiger partial charge in [0.25, 0.3) is 0 Å². The summed E-state index contributed by atoms with van der Waals surface area (Å²) in [4.78, 5) is 42.2. The number of hydrogen-bond donors (Lipinski definition) is 1. The zero-order valence-corrected chi connectivity index (χ0v) is 20.1. The number of halogens is 1. The average molecular weight is 534 g/mol. The van der Waals surface area contributed by atoms with Gasteiger partial charge >= 0.3 is 193 Å². The van der Waals surface area contributed by atoms with Crippen molar-refractivity contribution in [2.75, 3.05) is 4.43 Å². The van der Waals surface area contributed by atoms with Crippen molar-refractivity contribution in [3.05, 3.63) is 50.1 Å². The monoisotopic (exact) mass is 534 g/mol. The number of aryl methyl sites for hydroxylation is 1. The summed E-state index contributed by atoms with van der Waals surface area (Å²) >= 11 is -0.340. The first-order chi connectivity index (χ1) is 15.0. The zero-order valence-electron chi connectivity index (χ0n) is 17.9. The number of carbonyl (C=O) groups is 2. The van der Waals surface area contributed by atoms with Crippen LogP contribution in [0.1, 0.15) is 63.2 Å². The van der Waals surface area contributed by atoms with Gasteiger partial charge in [-0.05, 0) is 0 Å². The molecule has 2 unspecified atom stereocenters. The SMILES string of the molecule is Cc1nc2cccc([I-]CC3CC/C=C\CCCC3)c2c(=O)n1C1CCC(=O)NC1=O. The van der Waals surface area contributed by atoms with Gasteiger partial charge in [0.1, 0.15) is 0 Å². The van der Waals surface area contributed by atoms with Crippen LogP contribution >= 0.6 is 0 Å². The Kier molecular flexibility index (Phi) is 7.20. The number of fused-ring (bicyclic) bond motifs is 1. The molecule has 7 heteroatoms. The second-order valence-electron chi connectivity index (χ2n) is 8.42. The number of allylic oxidation sites excluding steroid dienone is 2. The van der Waals surface area contributed by atoms with E-state index in [2.05, 4.69) is 28.5 Å². The first kappa shape index (κ1) is 22.2. The summed E-state index contributed by atoms with van der Waals surface area (Å²) < 4.78 is 3.78. The van der Waals surface area contributed by atoms with Crippen LogP contribution in [0, 0.1) is 16.4 Å². The van der Waals surface area contributed by atoms with Gasteiger partial charge in [-0.15, -0.1) is 0 Å². The van der Waals surface area contributed by atoms with Crippen LogP contribution in [0.2, 0.25) is 0 Å². The minimum atomic E-state index is -0.672. The van der Waals surface area contributed by atoms with Gasteiger partial charge in [-0.1, -0.05) is 0 Å². The molecular formula is C24H29IN3O3-. The van der Waals surface area contributed by atoms with Crippen LogP contribution in [0.5, 0.6) is 0 Å². The number of piperidine rings is 1. The summed E-state index contributed by atoms with van der Waals surface area (Å²) in [6.07, 6.45) is 12.6. The molecule has 1 N–H and O–H groups in total. The number of rotatable bonds is 4. The molecule has 2 atom stereocenters. The van der Waals surface area contributed by atoms with Crippen LogP contribution < -0.4 is 32.1 Å². The number of nitrogens with zero attached hydrogens (tertiary/aromatic N) is 2. The van der Waals surface area contributed by atoms with Gasteiger partial charge < -0.3 is 0 Å². The summed E-state index contributed by atoms with van der Waals surface area (Å²) in [5.41, 5.74) is 0.561. The minimum absolute atomic E-state index is 0.148. The van der Waals surface area contributed by atoms with E-state index in [0.717, 1.165) is 14.4 Å². The third-order valence-electron chi connectivity index (χ3n) is 6.16. The average Bonchev–Trinajstić information content (AvgIpc) is 2.87. The van der Waals surface area contributed by atoms with Gasteiger partial charge in [0.05, 0.1) is 0 Å². The fourth-order valence-electron chi connectivity index (χ4n) is 4.47. The van der Waals surface area contributed by atoms with Gasteiger partial charge in [-0.2, -0.15) is 0 Å². The predicted molar refractivity (Wildman–Crippen MR) is 116 cm³/mol. The maximum absolute atomic E-state index is 13.6. The van der Waals surface area contributed by atoms with Crippen molar-refractivity contribution in [1.82, 2.24) is 14.9 Å². The molecule has 1 aliphatic heterocycles. The topological polar surface area (TPSA) is 81.1 Å².